The Kier molecular flexibility index (Phi) is 3.95. The molecule has 1 unspecified atom stereocenters. The highest BCUT2D eigenvalue weighted by molar-refractivity contribution is 6.19. The van der Waals surface area contributed by atoms with Gasteiger partial charge in [-0.05, 0) is 19.8 Å². The van der Waals surface area contributed by atoms with E-state index in [-0.39, 0.29) is 11.9 Å². The zero-order valence-electron chi connectivity index (χ0n) is 14.2. The Bertz CT molecular complexity index is 691. The zero-order chi connectivity index (χ0) is 16.7. The molecule has 0 spiro atoms. The van der Waals surface area contributed by atoms with Crippen molar-refractivity contribution >= 4 is 23.7 Å². The van der Waals surface area contributed by atoms with Gasteiger partial charge in [0, 0.05) is 13.6 Å². The highest BCUT2D eigenvalue weighted by Crippen LogP contribution is 2.29. The Morgan fingerprint density at radius 3 is 2.61 bits per heavy atom. The summed E-state index contributed by atoms with van der Waals surface area (Å²) in [6.45, 7) is 7.49. The molecule has 0 radical (unpaired) electrons. The van der Waals surface area contributed by atoms with E-state index in [1.54, 1.807) is 7.05 Å². The second-order valence-electron chi connectivity index (χ2n) is 6.19. The van der Waals surface area contributed by atoms with Crippen molar-refractivity contribution in [3.63, 3.8) is 0 Å². The number of amidine groups is 1. The Labute approximate surface area is 136 Å². The van der Waals surface area contributed by atoms with Crippen LogP contribution in [0.2, 0.25) is 0 Å². The molecule has 0 aromatic carbocycles. The number of carbonyl (C=O) groups is 2. The number of hydrogen-bond acceptors (Lipinski definition) is 3. The molecule has 7 nitrogen and oxygen atoms in total. The molecular formula is C16H24N5O2+. The standard InChI is InChI=1S/C16H24N5O2/c1-5-7-9-20-14(22)12-13(18(4)16(20)23)17-15-19(8-6-2)11(3)10-21(12)15/h10,12H,5-9H2,1-4H3/q+1. The third-order valence-electron chi connectivity index (χ3n) is 4.51. The Morgan fingerprint density at radius 2 is 1.96 bits per heavy atom. The molecule has 23 heavy (non-hydrogen) atoms. The molecule has 3 amide bonds. The van der Waals surface area contributed by atoms with Crippen LogP contribution in [0.3, 0.4) is 0 Å². The number of aromatic nitrogens is 2. The van der Waals surface area contributed by atoms with Crippen LogP contribution < -0.4 is 4.57 Å². The number of unbranched alkanes of at least 4 members (excludes halogenated alkanes) is 1. The van der Waals surface area contributed by atoms with Gasteiger partial charge in [-0.1, -0.05) is 25.3 Å². The van der Waals surface area contributed by atoms with Crippen LogP contribution in [0.25, 0.3) is 0 Å². The first-order chi connectivity index (χ1) is 11.0. The topological polar surface area (TPSA) is 61.8 Å². The maximum Gasteiger partial charge on any atom is 0.401 e. The van der Waals surface area contributed by atoms with Crippen LogP contribution in [0, 0.1) is 6.92 Å². The van der Waals surface area contributed by atoms with Gasteiger partial charge in [0.25, 0.3) is 5.91 Å². The minimum atomic E-state index is -0.513. The second-order valence-corrected chi connectivity index (χ2v) is 6.19. The molecular weight excluding hydrogens is 294 g/mol. The number of urea groups is 1. The summed E-state index contributed by atoms with van der Waals surface area (Å²) in [6, 6.07) is -0.788. The first kappa shape index (κ1) is 15.7. The summed E-state index contributed by atoms with van der Waals surface area (Å²) in [5.41, 5.74) is 1.08. The van der Waals surface area contributed by atoms with Crippen molar-refractivity contribution in [2.75, 3.05) is 13.6 Å². The summed E-state index contributed by atoms with van der Waals surface area (Å²) in [6.07, 6.45) is 4.71. The lowest BCUT2D eigenvalue weighted by Gasteiger charge is -2.33. The number of amides is 3. The van der Waals surface area contributed by atoms with Crippen molar-refractivity contribution in [3.8, 4) is 0 Å². The minimum Gasteiger partial charge on any atom is -0.270 e. The number of hydrogen-bond donors (Lipinski definition) is 0. The summed E-state index contributed by atoms with van der Waals surface area (Å²) in [5.74, 6) is 1.12. The van der Waals surface area contributed by atoms with Crippen molar-refractivity contribution in [2.24, 2.45) is 4.99 Å². The monoisotopic (exact) mass is 318 g/mol. The third-order valence-corrected chi connectivity index (χ3v) is 4.51. The average molecular weight is 318 g/mol. The van der Waals surface area contributed by atoms with Gasteiger partial charge in [-0.15, -0.1) is 0 Å². The van der Waals surface area contributed by atoms with Crippen LogP contribution in [0.5, 0.6) is 0 Å². The number of likely N-dealkylation sites (N-methyl/N-ethyl adjacent to an activating group) is 1. The van der Waals surface area contributed by atoms with Crippen LogP contribution in [0.4, 0.5) is 10.7 Å². The molecule has 0 bridgehead atoms. The number of aliphatic imine (C=N–C) groups is 1. The van der Waals surface area contributed by atoms with E-state index in [9.17, 15) is 9.59 Å². The lowest BCUT2D eigenvalue weighted by atomic mass is 10.1. The molecule has 2 aliphatic heterocycles. The van der Waals surface area contributed by atoms with Crippen molar-refractivity contribution in [2.45, 2.75) is 52.6 Å². The molecule has 1 aromatic heterocycles. The molecule has 0 N–H and O–H groups in total. The number of fused-ring (bicyclic) bond motifs is 3. The Hall–Kier alpha value is -2.18. The Morgan fingerprint density at radius 1 is 1.22 bits per heavy atom. The predicted molar refractivity (Wildman–Crippen MR) is 85.6 cm³/mol. The largest absolute Gasteiger partial charge is 0.401 e. The van der Waals surface area contributed by atoms with E-state index in [1.807, 2.05) is 24.6 Å². The van der Waals surface area contributed by atoms with Gasteiger partial charge in [-0.3, -0.25) is 14.6 Å². The molecule has 1 atom stereocenters. The van der Waals surface area contributed by atoms with Crippen molar-refractivity contribution in [1.82, 2.24) is 14.4 Å². The predicted octanol–water partition coefficient (Wildman–Crippen LogP) is 1.77. The molecule has 2 aliphatic rings. The summed E-state index contributed by atoms with van der Waals surface area (Å²) in [7, 11) is 1.70. The summed E-state index contributed by atoms with van der Waals surface area (Å²) in [4.78, 5) is 32.8. The highest BCUT2D eigenvalue weighted by atomic mass is 16.2. The van der Waals surface area contributed by atoms with Crippen molar-refractivity contribution in [1.29, 1.82) is 0 Å². The normalized spacial score (nSPS) is 20.0. The van der Waals surface area contributed by atoms with E-state index >= 15 is 0 Å². The van der Waals surface area contributed by atoms with Crippen molar-refractivity contribution < 1.29 is 14.2 Å². The minimum absolute atomic E-state index is 0.169. The molecule has 124 valence electrons. The van der Waals surface area contributed by atoms with Gasteiger partial charge in [0.1, 0.15) is 11.9 Å². The highest BCUT2D eigenvalue weighted by Gasteiger charge is 2.52. The van der Waals surface area contributed by atoms with Crippen LogP contribution in [0.15, 0.2) is 11.2 Å². The van der Waals surface area contributed by atoms with E-state index in [4.69, 9.17) is 0 Å². The summed E-state index contributed by atoms with van der Waals surface area (Å²) < 4.78 is 4.01. The number of nitrogens with zero attached hydrogens (tertiary/aromatic N) is 5. The van der Waals surface area contributed by atoms with Gasteiger partial charge < -0.3 is 0 Å². The molecule has 7 heteroatoms. The van der Waals surface area contributed by atoms with Gasteiger partial charge in [-0.25, -0.2) is 13.9 Å². The van der Waals surface area contributed by atoms with Gasteiger partial charge in [0.15, 0.2) is 0 Å². The average Bonchev–Trinajstić information content (AvgIpc) is 3.02. The number of imidazole rings is 1. The van der Waals surface area contributed by atoms with E-state index in [1.165, 1.54) is 9.80 Å². The molecule has 1 saturated heterocycles. The molecule has 0 aliphatic carbocycles. The molecule has 0 saturated carbocycles. The van der Waals surface area contributed by atoms with Gasteiger partial charge in [0.2, 0.25) is 11.9 Å². The van der Waals surface area contributed by atoms with Crippen LogP contribution in [-0.2, 0) is 11.3 Å². The van der Waals surface area contributed by atoms with Gasteiger partial charge in [-0.2, -0.15) is 0 Å². The van der Waals surface area contributed by atoms with Crippen LogP contribution in [-0.4, -0.2) is 45.7 Å². The SMILES string of the molecule is CCCCN1C(=O)C2C(=Nc3n(CCC)c(C)c[n+]32)N(C)C1=O. The third kappa shape index (κ3) is 2.26. The fourth-order valence-corrected chi connectivity index (χ4v) is 3.25. The zero-order valence-corrected chi connectivity index (χ0v) is 14.2. The van der Waals surface area contributed by atoms with Gasteiger partial charge in [0.05, 0.1) is 6.54 Å². The lowest BCUT2D eigenvalue weighted by Crippen LogP contribution is -2.62. The molecule has 3 rings (SSSR count). The summed E-state index contributed by atoms with van der Waals surface area (Å²) in [5, 5.41) is 0. The molecule has 1 aromatic rings. The molecule has 1 fully saturated rings. The quantitative estimate of drug-likeness (QED) is 0.777. The van der Waals surface area contributed by atoms with E-state index < -0.39 is 6.04 Å². The van der Waals surface area contributed by atoms with E-state index in [0.29, 0.717) is 12.4 Å². The second kappa shape index (κ2) is 5.79. The maximum absolute atomic E-state index is 12.9. The number of rotatable bonds is 5. The van der Waals surface area contributed by atoms with Crippen LogP contribution >= 0.6 is 0 Å². The first-order valence-corrected chi connectivity index (χ1v) is 8.30. The Balaban J connectivity index is 2.02. The summed E-state index contributed by atoms with van der Waals surface area (Å²) >= 11 is 0. The fourth-order valence-electron chi connectivity index (χ4n) is 3.25. The number of aryl methyl sites for hydroxylation is 1. The van der Waals surface area contributed by atoms with E-state index in [0.717, 1.165) is 37.4 Å². The fraction of sp³-hybridized carbons (Fsp3) is 0.625. The van der Waals surface area contributed by atoms with Crippen LogP contribution in [0.1, 0.15) is 44.8 Å². The maximum atomic E-state index is 12.9. The number of carbonyl (C=O) groups excluding carboxylic acids is 2. The smallest absolute Gasteiger partial charge is 0.270 e. The van der Waals surface area contributed by atoms with Gasteiger partial charge >= 0.3 is 12.0 Å². The number of imide groups is 1. The van der Waals surface area contributed by atoms with E-state index in [2.05, 4.69) is 16.5 Å². The lowest BCUT2D eigenvalue weighted by molar-refractivity contribution is -0.677. The first-order valence-electron chi connectivity index (χ1n) is 8.30. The van der Waals surface area contributed by atoms with Crippen molar-refractivity contribution in [3.05, 3.63) is 11.9 Å². The molecule has 3 heterocycles.